The molecule has 0 spiro atoms. The Morgan fingerprint density at radius 2 is 1.87 bits per heavy atom. The quantitative estimate of drug-likeness (QED) is 0.574. The molecule has 1 aliphatic rings. The van der Waals surface area contributed by atoms with Gasteiger partial charge in [0, 0.05) is 6.92 Å². The van der Waals surface area contributed by atoms with Crippen LogP contribution in [0.4, 0.5) is 0 Å². The summed E-state index contributed by atoms with van der Waals surface area (Å²) in [4.78, 5) is 21.7. The number of ether oxygens (including phenoxy) is 1. The van der Waals surface area contributed by atoms with Gasteiger partial charge in [-0.15, -0.1) is 0 Å². The average Bonchev–Trinajstić information content (AvgIpc) is 2.18. The third-order valence-electron chi connectivity index (χ3n) is 2.79. The first-order valence-electron chi connectivity index (χ1n) is 5.15. The minimum atomic E-state index is -0.828. The van der Waals surface area contributed by atoms with E-state index in [0.29, 0.717) is 12.8 Å². The number of carboxylic acids is 1. The number of rotatable bonds is 3. The fraction of sp³-hybridized carbons (Fsp3) is 0.636. The maximum atomic E-state index is 11.2. The molecule has 1 fully saturated rings. The zero-order chi connectivity index (χ0) is 11.3. The van der Waals surface area contributed by atoms with E-state index in [0.717, 1.165) is 19.3 Å². The molecule has 0 aromatic rings. The van der Waals surface area contributed by atoms with Crippen molar-refractivity contribution in [3.8, 4) is 0 Å². The van der Waals surface area contributed by atoms with Crippen LogP contribution in [-0.4, -0.2) is 17.0 Å². The van der Waals surface area contributed by atoms with Gasteiger partial charge in [-0.1, -0.05) is 19.3 Å². The number of hydrogen-bond donors (Lipinski definition) is 1. The number of carbonyl (C=O) groups excluding carboxylic acids is 1. The molecule has 0 aromatic heterocycles. The van der Waals surface area contributed by atoms with Crippen LogP contribution < -0.4 is 0 Å². The minimum absolute atomic E-state index is 0.428. The van der Waals surface area contributed by atoms with Crippen LogP contribution in [-0.2, 0) is 14.3 Å². The molecule has 0 bridgehead atoms. The van der Waals surface area contributed by atoms with Gasteiger partial charge in [-0.25, -0.2) is 0 Å². The van der Waals surface area contributed by atoms with E-state index in [1.165, 1.54) is 19.3 Å². The zero-order valence-electron chi connectivity index (χ0n) is 8.86. The predicted octanol–water partition coefficient (Wildman–Crippen LogP) is 2.10. The molecule has 0 heterocycles. The van der Waals surface area contributed by atoms with E-state index in [1.807, 2.05) is 0 Å². The molecule has 0 amide bonds. The third-order valence-corrected chi connectivity index (χ3v) is 2.79. The van der Waals surface area contributed by atoms with Crippen molar-refractivity contribution < 1.29 is 19.4 Å². The molecule has 4 heteroatoms. The van der Waals surface area contributed by atoms with Gasteiger partial charge in [0.15, 0.2) is 0 Å². The topological polar surface area (TPSA) is 63.6 Å². The molecule has 84 valence electrons. The van der Waals surface area contributed by atoms with E-state index in [1.54, 1.807) is 0 Å². The largest absolute Gasteiger partial charge is 0.481 e. The normalized spacial score (nSPS) is 20.1. The Labute approximate surface area is 88.9 Å². The van der Waals surface area contributed by atoms with Crippen molar-refractivity contribution in [2.45, 2.75) is 39.0 Å². The SMILES string of the molecule is CC(=O)OC=CC1(C(=O)O)CCCCC1. The van der Waals surface area contributed by atoms with Crippen molar-refractivity contribution in [3.63, 3.8) is 0 Å². The minimum Gasteiger partial charge on any atom is -0.481 e. The first kappa shape index (κ1) is 11.8. The lowest BCUT2D eigenvalue weighted by molar-refractivity contribution is -0.148. The second kappa shape index (κ2) is 4.96. The third kappa shape index (κ3) is 3.08. The second-order valence-electron chi connectivity index (χ2n) is 3.93. The molecule has 1 rings (SSSR count). The molecule has 1 N–H and O–H groups in total. The van der Waals surface area contributed by atoms with Gasteiger partial charge in [0.25, 0.3) is 0 Å². The maximum absolute atomic E-state index is 11.2. The Hall–Kier alpha value is -1.32. The summed E-state index contributed by atoms with van der Waals surface area (Å²) >= 11 is 0. The highest BCUT2D eigenvalue weighted by Crippen LogP contribution is 2.37. The van der Waals surface area contributed by atoms with Gasteiger partial charge < -0.3 is 9.84 Å². The second-order valence-corrected chi connectivity index (χ2v) is 3.93. The highest BCUT2D eigenvalue weighted by Gasteiger charge is 2.37. The van der Waals surface area contributed by atoms with Crippen molar-refractivity contribution in [1.82, 2.24) is 0 Å². The lowest BCUT2D eigenvalue weighted by Crippen LogP contribution is -2.31. The Morgan fingerprint density at radius 1 is 1.27 bits per heavy atom. The van der Waals surface area contributed by atoms with Gasteiger partial charge in [0.05, 0.1) is 11.7 Å². The summed E-state index contributed by atoms with van der Waals surface area (Å²) in [6, 6.07) is 0. The summed E-state index contributed by atoms with van der Waals surface area (Å²) in [5, 5.41) is 9.16. The van der Waals surface area contributed by atoms with Gasteiger partial charge in [-0.05, 0) is 18.9 Å². The Kier molecular flexibility index (Phi) is 3.88. The lowest BCUT2D eigenvalue weighted by Gasteiger charge is -2.29. The van der Waals surface area contributed by atoms with E-state index in [4.69, 9.17) is 5.11 Å². The Morgan fingerprint density at radius 3 is 2.33 bits per heavy atom. The van der Waals surface area contributed by atoms with Crippen molar-refractivity contribution in [2.75, 3.05) is 0 Å². The fourth-order valence-electron chi connectivity index (χ4n) is 1.89. The lowest BCUT2D eigenvalue weighted by atomic mass is 9.74. The molecule has 1 aliphatic carbocycles. The van der Waals surface area contributed by atoms with Gasteiger partial charge in [0.2, 0.25) is 0 Å². The Balaban J connectivity index is 2.68. The van der Waals surface area contributed by atoms with Crippen molar-refractivity contribution in [1.29, 1.82) is 0 Å². The summed E-state index contributed by atoms with van der Waals surface area (Å²) in [7, 11) is 0. The van der Waals surface area contributed by atoms with Crippen LogP contribution in [0, 0.1) is 5.41 Å². The summed E-state index contributed by atoms with van der Waals surface area (Å²) < 4.78 is 4.64. The molecule has 0 radical (unpaired) electrons. The highest BCUT2D eigenvalue weighted by molar-refractivity contribution is 5.77. The van der Waals surface area contributed by atoms with Gasteiger partial charge in [-0.3, -0.25) is 9.59 Å². The van der Waals surface area contributed by atoms with Crippen LogP contribution in [0.1, 0.15) is 39.0 Å². The van der Waals surface area contributed by atoms with Crippen LogP contribution >= 0.6 is 0 Å². The summed E-state index contributed by atoms with van der Waals surface area (Å²) in [5.41, 5.74) is -0.826. The summed E-state index contributed by atoms with van der Waals surface area (Å²) in [5.74, 6) is -1.26. The molecular weight excluding hydrogens is 196 g/mol. The number of aliphatic carboxylic acids is 1. The van der Waals surface area contributed by atoms with Crippen molar-refractivity contribution in [3.05, 3.63) is 12.3 Å². The van der Waals surface area contributed by atoms with E-state index < -0.39 is 17.4 Å². The first-order valence-corrected chi connectivity index (χ1v) is 5.15. The predicted molar refractivity (Wildman–Crippen MR) is 54.1 cm³/mol. The summed E-state index contributed by atoms with van der Waals surface area (Å²) in [6.45, 7) is 1.29. The number of carbonyl (C=O) groups is 2. The molecule has 0 unspecified atom stereocenters. The monoisotopic (exact) mass is 212 g/mol. The summed E-state index contributed by atoms with van der Waals surface area (Å²) in [6.07, 6.45) is 6.88. The van der Waals surface area contributed by atoms with Crippen LogP contribution in [0.25, 0.3) is 0 Å². The molecule has 4 nitrogen and oxygen atoms in total. The smallest absolute Gasteiger partial charge is 0.313 e. The number of carboxylic acid groups (broad SMARTS) is 1. The molecule has 1 saturated carbocycles. The van der Waals surface area contributed by atoms with Crippen LogP contribution in [0.3, 0.4) is 0 Å². The van der Waals surface area contributed by atoms with E-state index in [-0.39, 0.29) is 0 Å². The van der Waals surface area contributed by atoms with Crippen LogP contribution in [0.15, 0.2) is 12.3 Å². The van der Waals surface area contributed by atoms with Gasteiger partial charge in [0.1, 0.15) is 0 Å². The van der Waals surface area contributed by atoms with E-state index in [9.17, 15) is 9.59 Å². The van der Waals surface area contributed by atoms with Crippen LogP contribution in [0.2, 0.25) is 0 Å². The molecule has 0 aromatic carbocycles. The molecule has 0 saturated heterocycles. The number of hydrogen-bond acceptors (Lipinski definition) is 3. The highest BCUT2D eigenvalue weighted by atomic mass is 16.5. The number of esters is 1. The first-order chi connectivity index (χ1) is 7.07. The van der Waals surface area contributed by atoms with Crippen LogP contribution in [0.5, 0.6) is 0 Å². The van der Waals surface area contributed by atoms with Gasteiger partial charge in [-0.2, -0.15) is 0 Å². The van der Waals surface area contributed by atoms with E-state index >= 15 is 0 Å². The zero-order valence-corrected chi connectivity index (χ0v) is 8.86. The van der Waals surface area contributed by atoms with E-state index in [2.05, 4.69) is 4.74 Å². The maximum Gasteiger partial charge on any atom is 0.313 e. The van der Waals surface area contributed by atoms with Crippen molar-refractivity contribution >= 4 is 11.9 Å². The van der Waals surface area contributed by atoms with Gasteiger partial charge >= 0.3 is 11.9 Å². The van der Waals surface area contributed by atoms with Crippen molar-refractivity contribution in [2.24, 2.45) is 5.41 Å². The average molecular weight is 212 g/mol. The Bertz CT molecular complexity index is 274. The molecule has 0 atom stereocenters. The standard InChI is InChI=1S/C11H16O4/c1-9(12)15-8-7-11(10(13)14)5-3-2-4-6-11/h7-8H,2-6H2,1H3,(H,13,14). The fourth-order valence-corrected chi connectivity index (χ4v) is 1.89. The molecule has 0 aliphatic heterocycles. The molecular formula is C11H16O4. The molecule has 15 heavy (non-hydrogen) atoms.